The SMILES string of the molecule is COC(=O)CC1(CS(=O)C2CCN(C)C2=O)CC1. The van der Waals surface area contributed by atoms with Crippen molar-refractivity contribution in [2.45, 2.75) is 30.9 Å². The first kappa shape index (κ1) is 13.5. The van der Waals surface area contributed by atoms with E-state index in [0.29, 0.717) is 25.1 Å². The predicted octanol–water partition coefficient (Wildman–Crippen LogP) is 0.309. The van der Waals surface area contributed by atoms with Crippen molar-refractivity contribution in [2.75, 3.05) is 26.5 Å². The molecule has 1 aliphatic carbocycles. The third kappa shape index (κ3) is 2.74. The Morgan fingerprint density at radius 3 is 2.67 bits per heavy atom. The highest BCUT2D eigenvalue weighted by molar-refractivity contribution is 7.86. The summed E-state index contributed by atoms with van der Waals surface area (Å²) in [5.41, 5.74) is -0.167. The Balaban J connectivity index is 1.92. The number of hydrogen-bond acceptors (Lipinski definition) is 4. The topological polar surface area (TPSA) is 63.7 Å². The van der Waals surface area contributed by atoms with Gasteiger partial charge in [-0.15, -0.1) is 0 Å². The molecule has 0 N–H and O–H groups in total. The van der Waals surface area contributed by atoms with E-state index in [4.69, 9.17) is 0 Å². The van der Waals surface area contributed by atoms with Gasteiger partial charge in [-0.25, -0.2) is 0 Å². The normalized spacial score (nSPS) is 27.1. The summed E-state index contributed by atoms with van der Waals surface area (Å²) in [7, 11) is 1.93. The molecule has 1 heterocycles. The van der Waals surface area contributed by atoms with Gasteiger partial charge in [0.2, 0.25) is 5.91 Å². The first-order valence-corrected chi connectivity index (χ1v) is 7.55. The van der Waals surface area contributed by atoms with Gasteiger partial charge >= 0.3 is 5.97 Å². The van der Waals surface area contributed by atoms with Gasteiger partial charge in [0.05, 0.1) is 13.5 Å². The molecule has 18 heavy (non-hydrogen) atoms. The standard InChI is InChI=1S/C12H19NO4S/c1-13-6-3-9(11(13)15)18(16)8-12(4-5-12)7-10(14)17-2/h9H,3-8H2,1-2H3. The number of ether oxygens (including phenoxy) is 1. The van der Waals surface area contributed by atoms with Crippen LogP contribution in [0.15, 0.2) is 0 Å². The maximum Gasteiger partial charge on any atom is 0.306 e. The zero-order valence-electron chi connectivity index (χ0n) is 10.8. The van der Waals surface area contributed by atoms with Gasteiger partial charge in [0.25, 0.3) is 0 Å². The quantitative estimate of drug-likeness (QED) is 0.676. The number of amides is 1. The molecule has 1 saturated heterocycles. The van der Waals surface area contributed by atoms with E-state index in [-0.39, 0.29) is 22.5 Å². The molecular weight excluding hydrogens is 254 g/mol. The molecule has 102 valence electrons. The molecule has 2 fully saturated rings. The van der Waals surface area contributed by atoms with Crippen molar-refractivity contribution in [1.29, 1.82) is 0 Å². The number of carbonyl (C=O) groups is 2. The van der Waals surface area contributed by atoms with Gasteiger partial charge < -0.3 is 9.64 Å². The van der Waals surface area contributed by atoms with Gasteiger partial charge in [0.1, 0.15) is 5.25 Å². The first-order valence-electron chi connectivity index (χ1n) is 6.16. The highest BCUT2D eigenvalue weighted by Gasteiger charge is 2.48. The van der Waals surface area contributed by atoms with E-state index in [1.807, 2.05) is 0 Å². The lowest BCUT2D eigenvalue weighted by Gasteiger charge is -2.16. The molecule has 0 bridgehead atoms. The van der Waals surface area contributed by atoms with Crippen LogP contribution in [-0.4, -0.2) is 52.7 Å². The summed E-state index contributed by atoms with van der Waals surface area (Å²) in [6.45, 7) is 0.680. The Bertz CT molecular complexity index is 392. The fourth-order valence-corrected chi connectivity index (χ4v) is 4.33. The highest BCUT2D eigenvalue weighted by atomic mass is 32.2. The molecule has 1 aliphatic heterocycles. The summed E-state index contributed by atoms with van der Waals surface area (Å²) in [5.74, 6) is 0.174. The Labute approximate surface area is 109 Å². The molecule has 1 amide bonds. The van der Waals surface area contributed by atoms with Crippen LogP contribution in [0.5, 0.6) is 0 Å². The average molecular weight is 273 g/mol. The number of carbonyl (C=O) groups excluding carboxylic acids is 2. The van der Waals surface area contributed by atoms with E-state index in [9.17, 15) is 13.8 Å². The monoisotopic (exact) mass is 273 g/mol. The number of hydrogen-bond donors (Lipinski definition) is 0. The first-order chi connectivity index (χ1) is 8.47. The summed E-state index contributed by atoms with van der Waals surface area (Å²) < 4.78 is 16.9. The van der Waals surface area contributed by atoms with Gasteiger partial charge in [-0.05, 0) is 24.7 Å². The summed E-state index contributed by atoms with van der Waals surface area (Å²) in [6.07, 6.45) is 2.80. The Hall–Kier alpha value is -0.910. The zero-order valence-corrected chi connectivity index (χ0v) is 11.6. The summed E-state index contributed by atoms with van der Waals surface area (Å²) in [6, 6.07) is 0. The Morgan fingerprint density at radius 1 is 1.56 bits per heavy atom. The number of likely N-dealkylation sites (tertiary alicyclic amines) is 1. The van der Waals surface area contributed by atoms with Crippen LogP contribution in [-0.2, 0) is 25.1 Å². The third-order valence-corrected chi connectivity index (χ3v) is 5.82. The van der Waals surface area contributed by atoms with Gasteiger partial charge in [0, 0.05) is 30.1 Å². The number of esters is 1. The van der Waals surface area contributed by atoms with E-state index in [2.05, 4.69) is 4.74 Å². The molecule has 2 rings (SSSR count). The molecule has 2 unspecified atom stereocenters. The molecule has 1 saturated carbocycles. The van der Waals surface area contributed by atoms with E-state index in [0.717, 1.165) is 12.8 Å². The minimum atomic E-state index is -1.17. The van der Waals surface area contributed by atoms with E-state index in [1.54, 1.807) is 11.9 Å². The maximum atomic E-state index is 12.2. The van der Waals surface area contributed by atoms with Crippen LogP contribution in [0.25, 0.3) is 0 Å². The molecule has 0 spiro atoms. The molecule has 0 aromatic heterocycles. The second kappa shape index (κ2) is 4.99. The van der Waals surface area contributed by atoms with E-state index < -0.39 is 10.8 Å². The van der Waals surface area contributed by atoms with E-state index >= 15 is 0 Å². The fourth-order valence-electron chi connectivity index (χ4n) is 2.36. The van der Waals surface area contributed by atoms with Crippen molar-refractivity contribution in [3.63, 3.8) is 0 Å². The Morgan fingerprint density at radius 2 is 2.22 bits per heavy atom. The fraction of sp³-hybridized carbons (Fsp3) is 0.833. The highest BCUT2D eigenvalue weighted by Crippen LogP contribution is 2.50. The van der Waals surface area contributed by atoms with Gasteiger partial charge in [-0.2, -0.15) is 0 Å². The number of methoxy groups -OCH3 is 1. The second-order valence-corrected chi connectivity index (χ2v) is 6.93. The average Bonchev–Trinajstić information content (AvgIpc) is 2.99. The van der Waals surface area contributed by atoms with Gasteiger partial charge in [0.15, 0.2) is 0 Å². The van der Waals surface area contributed by atoms with Crippen LogP contribution in [0.3, 0.4) is 0 Å². The van der Waals surface area contributed by atoms with Gasteiger partial charge in [-0.3, -0.25) is 13.8 Å². The summed E-state index contributed by atoms with van der Waals surface area (Å²) >= 11 is 0. The van der Waals surface area contributed by atoms with Crippen LogP contribution < -0.4 is 0 Å². The molecule has 0 radical (unpaired) electrons. The number of nitrogens with zero attached hydrogens (tertiary/aromatic N) is 1. The molecule has 5 nitrogen and oxygen atoms in total. The van der Waals surface area contributed by atoms with Gasteiger partial charge in [-0.1, -0.05) is 0 Å². The maximum absolute atomic E-state index is 12.2. The van der Waals surface area contributed by atoms with Crippen molar-refractivity contribution in [3.8, 4) is 0 Å². The van der Waals surface area contributed by atoms with Crippen molar-refractivity contribution in [3.05, 3.63) is 0 Å². The lowest BCUT2D eigenvalue weighted by molar-refractivity contribution is -0.141. The summed E-state index contributed by atoms with van der Waals surface area (Å²) in [5, 5.41) is -0.370. The van der Waals surface area contributed by atoms with Crippen LogP contribution in [0.4, 0.5) is 0 Å². The third-order valence-electron chi connectivity index (χ3n) is 3.85. The smallest absolute Gasteiger partial charge is 0.306 e. The molecule has 0 aromatic carbocycles. The molecular formula is C12H19NO4S. The van der Waals surface area contributed by atoms with Crippen LogP contribution in [0, 0.1) is 5.41 Å². The summed E-state index contributed by atoms with van der Waals surface area (Å²) in [4.78, 5) is 24.7. The predicted molar refractivity (Wildman–Crippen MR) is 67.4 cm³/mol. The van der Waals surface area contributed by atoms with Crippen molar-refractivity contribution in [2.24, 2.45) is 5.41 Å². The molecule has 0 aromatic rings. The lowest BCUT2D eigenvalue weighted by Crippen LogP contribution is -2.32. The molecule has 2 atom stereocenters. The second-order valence-electron chi connectivity index (χ2n) is 5.32. The lowest BCUT2D eigenvalue weighted by atomic mass is 10.1. The van der Waals surface area contributed by atoms with Crippen LogP contribution in [0.2, 0.25) is 0 Å². The minimum Gasteiger partial charge on any atom is -0.469 e. The zero-order chi connectivity index (χ0) is 13.3. The van der Waals surface area contributed by atoms with Crippen molar-refractivity contribution in [1.82, 2.24) is 4.90 Å². The largest absolute Gasteiger partial charge is 0.469 e. The minimum absolute atomic E-state index is 0.0257. The van der Waals surface area contributed by atoms with Crippen molar-refractivity contribution < 1.29 is 18.5 Å². The van der Waals surface area contributed by atoms with Crippen LogP contribution >= 0.6 is 0 Å². The molecule has 2 aliphatic rings. The van der Waals surface area contributed by atoms with Crippen molar-refractivity contribution >= 4 is 22.7 Å². The number of rotatable bonds is 5. The Kier molecular flexibility index (Phi) is 3.75. The van der Waals surface area contributed by atoms with E-state index in [1.165, 1.54) is 7.11 Å². The molecule has 6 heteroatoms. The van der Waals surface area contributed by atoms with Crippen LogP contribution in [0.1, 0.15) is 25.7 Å².